The monoisotopic (exact) mass is 399 g/mol. The molecule has 1 aliphatic rings. The SMILES string of the molecule is CN=C(NCCCS(=O)(=O)Cc1ccccc1)N1CCC(c2ccccc2)C1. The van der Waals surface area contributed by atoms with Crippen LogP contribution in [0.2, 0.25) is 0 Å². The molecule has 2 aromatic rings. The summed E-state index contributed by atoms with van der Waals surface area (Å²) in [6.45, 7) is 2.51. The van der Waals surface area contributed by atoms with Gasteiger partial charge < -0.3 is 10.2 Å². The zero-order chi connectivity index (χ0) is 19.8. The van der Waals surface area contributed by atoms with E-state index in [1.54, 1.807) is 7.05 Å². The predicted octanol–water partition coefficient (Wildman–Crippen LogP) is 3.06. The number of nitrogens with zero attached hydrogens (tertiary/aromatic N) is 2. The van der Waals surface area contributed by atoms with E-state index >= 15 is 0 Å². The van der Waals surface area contributed by atoms with Crippen molar-refractivity contribution in [3.63, 3.8) is 0 Å². The van der Waals surface area contributed by atoms with Crippen molar-refractivity contribution in [2.24, 2.45) is 4.99 Å². The summed E-state index contributed by atoms with van der Waals surface area (Å²) in [6.07, 6.45) is 1.68. The maximum absolute atomic E-state index is 12.3. The Morgan fingerprint density at radius 1 is 1.11 bits per heavy atom. The average Bonchev–Trinajstić information content (AvgIpc) is 3.19. The van der Waals surface area contributed by atoms with Crippen molar-refractivity contribution in [2.75, 3.05) is 32.4 Å². The van der Waals surface area contributed by atoms with Gasteiger partial charge in [0.1, 0.15) is 0 Å². The van der Waals surface area contributed by atoms with Crippen molar-refractivity contribution in [1.29, 1.82) is 0 Å². The van der Waals surface area contributed by atoms with E-state index in [9.17, 15) is 8.42 Å². The molecule has 1 atom stereocenters. The number of hydrogen-bond donors (Lipinski definition) is 1. The predicted molar refractivity (Wildman–Crippen MR) is 115 cm³/mol. The lowest BCUT2D eigenvalue weighted by Crippen LogP contribution is -2.40. The number of aliphatic imine (C=N–C) groups is 1. The van der Waals surface area contributed by atoms with E-state index in [4.69, 9.17) is 0 Å². The number of hydrogen-bond acceptors (Lipinski definition) is 3. The van der Waals surface area contributed by atoms with Crippen molar-refractivity contribution in [1.82, 2.24) is 10.2 Å². The fourth-order valence-corrected chi connectivity index (χ4v) is 5.10. The fraction of sp³-hybridized carbons (Fsp3) is 0.409. The Morgan fingerprint density at radius 2 is 1.79 bits per heavy atom. The number of benzene rings is 2. The molecule has 2 aromatic carbocycles. The summed E-state index contributed by atoms with van der Waals surface area (Å²) in [7, 11) is -1.31. The van der Waals surface area contributed by atoms with Crippen LogP contribution in [-0.4, -0.2) is 51.7 Å². The molecular weight excluding hydrogens is 370 g/mol. The third kappa shape index (κ3) is 5.83. The van der Waals surface area contributed by atoms with E-state index < -0.39 is 9.84 Å². The van der Waals surface area contributed by atoms with Gasteiger partial charge in [-0.15, -0.1) is 0 Å². The topological polar surface area (TPSA) is 61.8 Å². The maximum atomic E-state index is 12.3. The van der Waals surface area contributed by atoms with E-state index in [-0.39, 0.29) is 11.5 Å². The highest BCUT2D eigenvalue weighted by Gasteiger charge is 2.25. The lowest BCUT2D eigenvalue weighted by Gasteiger charge is -2.21. The lowest BCUT2D eigenvalue weighted by molar-refractivity contribution is 0.486. The highest BCUT2D eigenvalue weighted by Crippen LogP contribution is 2.26. The van der Waals surface area contributed by atoms with Crippen LogP contribution in [0.25, 0.3) is 0 Å². The molecule has 0 aliphatic carbocycles. The largest absolute Gasteiger partial charge is 0.356 e. The molecule has 3 rings (SSSR count). The van der Waals surface area contributed by atoms with Gasteiger partial charge in [-0.05, 0) is 24.0 Å². The van der Waals surface area contributed by atoms with Gasteiger partial charge in [0.2, 0.25) is 0 Å². The molecule has 1 aliphatic heterocycles. The fourth-order valence-electron chi connectivity index (χ4n) is 3.67. The second-order valence-electron chi connectivity index (χ2n) is 7.25. The molecule has 28 heavy (non-hydrogen) atoms. The van der Waals surface area contributed by atoms with Gasteiger partial charge in [-0.3, -0.25) is 4.99 Å². The normalized spacial score (nSPS) is 17.7. The minimum atomic E-state index is -3.10. The van der Waals surface area contributed by atoms with Crippen LogP contribution < -0.4 is 5.32 Å². The third-order valence-electron chi connectivity index (χ3n) is 5.12. The standard InChI is InChI=1S/C22H29N3O2S/c1-23-22(25-15-13-21(17-25)20-11-6-3-7-12-20)24-14-8-16-28(26,27)18-19-9-4-2-5-10-19/h2-7,9-12,21H,8,13-18H2,1H3,(H,23,24). The third-order valence-corrected chi connectivity index (χ3v) is 6.80. The molecule has 6 heteroatoms. The summed E-state index contributed by atoms with van der Waals surface area (Å²) < 4.78 is 24.6. The summed E-state index contributed by atoms with van der Waals surface area (Å²) in [6, 6.07) is 19.9. The molecule has 0 saturated carbocycles. The van der Waals surface area contributed by atoms with Crippen LogP contribution >= 0.6 is 0 Å². The first kappa shape index (κ1) is 20.4. The molecule has 150 valence electrons. The Morgan fingerprint density at radius 3 is 2.46 bits per heavy atom. The first-order valence-electron chi connectivity index (χ1n) is 9.82. The summed E-state index contributed by atoms with van der Waals surface area (Å²) in [5.41, 5.74) is 2.21. The van der Waals surface area contributed by atoms with Crippen LogP contribution in [0.5, 0.6) is 0 Å². The quantitative estimate of drug-likeness (QED) is 0.442. The number of nitrogens with one attached hydrogen (secondary N) is 1. The second-order valence-corrected chi connectivity index (χ2v) is 9.43. The average molecular weight is 400 g/mol. The molecule has 0 radical (unpaired) electrons. The zero-order valence-electron chi connectivity index (χ0n) is 16.4. The van der Waals surface area contributed by atoms with E-state index in [0.717, 1.165) is 31.0 Å². The van der Waals surface area contributed by atoms with Crippen molar-refractivity contribution < 1.29 is 8.42 Å². The van der Waals surface area contributed by atoms with Gasteiger partial charge in [0.25, 0.3) is 0 Å². The summed E-state index contributed by atoms with van der Waals surface area (Å²) in [5, 5.41) is 3.33. The minimum absolute atomic E-state index is 0.105. The Labute approximate surface area is 168 Å². The summed E-state index contributed by atoms with van der Waals surface area (Å²) in [5.74, 6) is 1.66. The molecule has 5 nitrogen and oxygen atoms in total. The Balaban J connectivity index is 1.43. The Hall–Kier alpha value is -2.34. The van der Waals surface area contributed by atoms with Crippen LogP contribution in [0, 0.1) is 0 Å². The smallest absolute Gasteiger partial charge is 0.193 e. The van der Waals surface area contributed by atoms with Crippen LogP contribution in [0.1, 0.15) is 29.9 Å². The van der Waals surface area contributed by atoms with Gasteiger partial charge in [-0.1, -0.05) is 60.7 Å². The van der Waals surface area contributed by atoms with E-state index in [1.165, 1.54) is 5.56 Å². The first-order valence-corrected chi connectivity index (χ1v) is 11.6. The highest BCUT2D eigenvalue weighted by molar-refractivity contribution is 7.90. The highest BCUT2D eigenvalue weighted by atomic mass is 32.2. The van der Waals surface area contributed by atoms with Crippen LogP contribution in [0.4, 0.5) is 0 Å². The molecule has 0 amide bonds. The first-order chi connectivity index (χ1) is 13.6. The number of sulfone groups is 1. The lowest BCUT2D eigenvalue weighted by atomic mass is 9.99. The second kappa shape index (κ2) is 9.73. The molecule has 1 heterocycles. The van der Waals surface area contributed by atoms with Gasteiger partial charge in [0.15, 0.2) is 15.8 Å². The molecular formula is C22H29N3O2S. The van der Waals surface area contributed by atoms with Crippen LogP contribution in [0.3, 0.4) is 0 Å². The van der Waals surface area contributed by atoms with Crippen molar-refractivity contribution in [3.05, 3.63) is 71.8 Å². The van der Waals surface area contributed by atoms with Gasteiger partial charge in [0.05, 0.1) is 11.5 Å². The van der Waals surface area contributed by atoms with Crippen molar-refractivity contribution in [2.45, 2.75) is 24.5 Å². The minimum Gasteiger partial charge on any atom is -0.356 e. The Kier molecular flexibility index (Phi) is 7.09. The van der Waals surface area contributed by atoms with Crippen molar-refractivity contribution >= 4 is 15.8 Å². The number of likely N-dealkylation sites (tertiary alicyclic amines) is 1. The van der Waals surface area contributed by atoms with Gasteiger partial charge >= 0.3 is 0 Å². The maximum Gasteiger partial charge on any atom is 0.193 e. The van der Waals surface area contributed by atoms with Gasteiger partial charge in [0, 0.05) is 32.6 Å². The summed E-state index contributed by atoms with van der Waals surface area (Å²) >= 11 is 0. The molecule has 0 spiro atoms. The van der Waals surface area contributed by atoms with Gasteiger partial charge in [-0.25, -0.2) is 8.42 Å². The van der Waals surface area contributed by atoms with Gasteiger partial charge in [-0.2, -0.15) is 0 Å². The number of rotatable bonds is 7. The van der Waals surface area contributed by atoms with Crippen molar-refractivity contribution in [3.8, 4) is 0 Å². The summed E-state index contributed by atoms with van der Waals surface area (Å²) in [4.78, 5) is 6.64. The molecule has 0 aromatic heterocycles. The van der Waals surface area contributed by atoms with Crippen LogP contribution in [0.15, 0.2) is 65.7 Å². The molecule has 1 fully saturated rings. The number of guanidine groups is 1. The molecule has 0 bridgehead atoms. The van der Waals surface area contributed by atoms with E-state index in [0.29, 0.717) is 18.9 Å². The zero-order valence-corrected chi connectivity index (χ0v) is 17.2. The molecule has 1 saturated heterocycles. The molecule has 1 N–H and O–H groups in total. The molecule has 1 unspecified atom stereocenters. The Bertz CT molecular complexity index is 867. The van der Waals surface area contributed by atoms with Crippen LogP contribution in [-0.2, 0) is 15.6 Å². The van der Waals surface area contributed by atoms with E-state index in [1.807, 2.05) is 36.4 Å². The van der Waals surface area contributed by atoms with E-state index in [2.05, 4.69) is 39.5 Å².